The Labute approximate surface area is 155 Å². The third kappa shape index (κ3) is 3.31. The number of carbonyl (C=O) groups excluding carboxylic acids is 2. The van der Waals surface area contributed by atoms with Crippen LogP contribution in [0.3, 0.4) is 0 Å². The van der Waals surface area contributed by atoms with E-state index in [9.17, 15) is 14.0 Å². The zero-order valence-corrected chi connectivity index (χ0v) is 15.0. The minimum absolute atomic E-state index is 0.0128. The lowest BCUT2D eigenvalue weighted by Crippen LogP contribution is -2.32. The molecule has 3 atom stereocenters. The number of anilines is 1. The highest BCUT2D eigenvalue weighted by Gasteiger charge is 2.48. The van der Waals surface area contributed by atoms with E-state index in [1.165, 1.54) is 19.2 Å². The van der Waals surface area contributed by atoms with E-state index in [0.29, 0.717) is 30.1 Å². The van der Waals surface area contributed by atoms with Crippen molar-refractivity contribution in [1.82, 2.24) is 0 Å². The molecule has 5 N–H and O–H groups in total. The SMILES string of the molecule is CN=C(N)/C(C(=O)Nc1ccc(F)c(Cl)c1)=C(\N)C1CC2CC(=O)[C@H]2C1. The molecule has 1 aromatic rings. The summed E-state index contributed by atoms with van der Waals surface area (Å²) in [7, 11) is 1.46. The molecule has 138 valence electrons. The molecule has 2 aliphatic carbocycles. The molecule has 2 saturated carbocycles. The van der Waals surface area contributed by atoms with Gasteiger partial charge < -0.3 is 16.8 Å². The number of carbonyl (C=O) groups is 2. The van der Waals surface area contributed by atoms with E-state index < -0.39 is 11.7 Å². The molecule has 2 fully saturated rings. The maximum absolute atomic E-state index is 13.3. The lowest BCUT2D eigenvalue weighted by molar-refractivity contribution is -0.132. The molecule has 2 unspecified atom stereocenters. The standard InChI is InChI=1S/C18H20ClFN4O2/c1-23-17(22)15(16(21)9-4-8-6-14(25)11(8)5-9)18(26)24-10-2-3-13(20)12(19)7-10/h2-3,7-9,11H,4-6,21H2,1H3,(H2,22,23)(H,24,26)/b16-15+/t8?,9?,11-/m0/s1. The molecule has 0 radical (unpaired) electrons. The first-order valence-electron chi connectivity index (χ1n) is 8.33. The van der Waals surface area contributed by atoms with Crippen molar-refractivity contribution >= 4 is 34.8 Å². The molecule has 1 amide bonds. The van der Waals surface area contributed by atoms with Crippen LogP contribution in [0.1, 0.15) is 19.3 Å². The first-order chi connectivity index (χ1) is 12.3. The van der Waals surface area contributed by atoms with Gasteiger partial charge in [-0.1, -0.05) is 11.6 Å². The van der Waals surface area contributed by atoms with Gasteiger partial charge in [0.25, 0.3) is 5.91 Å². The zero-order chi connectivity index (χ0) is 19.0. The number of nitrogens with zero attached hydrogens (tertiary/aromatic N) is 1. The molecule has 0 heterocycles. The van der Waals surface area contributed by atoms with Crippen molar-refractivity contribution in [2.24, 2.45) is 34.2 Å². The van der Waals surface area contributed by atoms with E-state index in [1.807, 2.05) is 0 Å². The van der Waals surface area contributed by atoms with Crippen molar-refractivity contribution in [3.05, 3.63) is 40.3 Å². The second-order valence-corrected chi connectivity index (χ2v) is 7.13. The lowest BCUT2D eigenvalue weighted by Gasteiger charge is -2.27. The Morgan fingerprint density at radius 3 is 2.65 bits per heavy atom. The molecule has 6 nitrogen and oxygen atoms in total. The van der Waals surface area contributed by atoms with Crippen LogP contribution in [-0.2, 0) is 9.59 Å². The van der Waals surface area contributed by atoms with Crippen molar-refractivity contribution in [2.45, 2.75) is 19.3 Å². The van der Waals surface area contributed by atoms with Gasteiger partial charge in [0.15, 0.2) is 0 Å². The Hall–Kier alpha value is -2.41. The average molecular weight is 379 g/mol. The number of amides is 1. The van der Waals surface area contributed by atoms with Crippen LogP contribution in [0.2, 0.25) is 5.02 Å². The molecule has 0 saturated heterocycles. The Balaban J connectivity index is 1.86. The molecule has 3 rings (SSSR count). The van der Waals surface area contributed by atoms with Gasteiger partial charge in [-0.05, 0) is 37.0 Å². The highest BCUT2D eigenvalue weighted by molar-refractivity contribution is 6.31. The summed E-state index contributed by atoms with van der Waals surface area (Å²) in [6.45, 7) is 0. The molecule has 0 aromatic heterocycles. The van der Waals surface area contributed by atoms with E-state index >= 15 is 0 Å². The number of aliphatic imine (C=N–C) groups is 1. The lowest BCUT2D eigenvalue weighted by atomic mass is 9.75. The number of rotatable bonds is 4. The second kappa shape index (κ2) is 7.07. The fourth-order valence-electron chi connectivity index (χ4n) is 3.73. The first-order valence-corrected chi connectivity index (χ1v) is 8.71. The van der Waals surface area contributed by atoms with Crippen molar-refractivity contribution in [3.63, 3.8) is 0 Å². The summed E-state index contributed by atoms with van der Waals surface area (Å²) in [6, 6.07) is 3.85. The van der Waals surface area contributed by atoms with Crippen LogP contribution in [0.4, 0.5) is 10.1 Å². The van der Waals surface area contributed by atoms with Gasteiger partial charge in [-0.2, -0.15) is 0 Å². The van der Waals surface area contributed by atoms with Crippen molar-refractivity contribution < 1.29 is 14.0 Å². The van der Waals surface area contributed by atoms with Crippen LogP contribution in [0.25, 0.3) is 0 Å². The maximum Gasteiger partial charge on any atom is 0.261 e. The fourth-order valence-corrected chi connectivity index (χ4v) is 3.91. The summed E-state index contributed by atoms with van der Waals surface area (Å²) in [4.78, 5) is 28.3. The molecule has 2 aliphatic rings. The Morgan fingerprint density at radius 2 is 2.08 bits per heavy atom. The summed E-state index contributed by atoms with van der Waals surface area (Å²) in [5.41, 5.74) is 12.9. The topological polar surface area (TPSA) is 111 Å². The number of halogens is 2. The summed E-state index contributed by atoms with van der Waals surface area (Å²) >= 11 is 5.74. The third-order valence-electron chi connectivity index (χ3n) is 5.20. The van der Waals surface area contributed by atoms with Gasteiger partial charge in [0.2, 0.25) is 0 Å². The Bertz CT molecular complexity index is 836. The molecule has 0 spiro atoms. The van der Waals surface area contributed by atoms with Crippen LogP contribution >= 0.6 is 11.6 Å². The average Bonchev–Trinajstić information content (AvgIpc) is 2.95. The summed E-state index contributed by atoms with van der Waals surface area (Å²) in [5, 5.41) is 2.51. The first kappa shape index (κ1) is 18.4. The third-order valence-corrected chi connectivity index (χ3v) is 5.49. The number of fused-ring (bicyclic) bond motifs is 1. The number of hydrogen-bond donors (Lipinski definition) is 3. The van der Waals surface area contributed by atoms with Gasteiger partial charge in [-0.3, -0.25) is 14.6 Å². The molecule has 26 heavy (non-hydrogen) atoms. The highest BCUT2D eigenvalue weighted by atomic mass is 35.5. The van der Waals surface area contributed by atoms with Gasteiger partial charge in [-0.15, -0.1) is 0 Å². The van der Waals surface area contributed by atoms with Crippen molar-refractivity contribution in [3.8, 4) is 0 Å². The van der Waals surface area contributed by atoms with E-state index in [2.05, 4.69) is 10.3 Å². The zero-order valence-electron chi connectivity index (χ0n) is 14.3. The minimum atomic E-state index is -0.583. The van der Waals surface area contributed by atoms with Crippen LogP contribution in [-0.4, -0.2) is 24.6 Å². The molecular weight excluding hydrogens is 359 g/mol. The van der Waals surface area contributed by atoms with E-state index in [-0.39, 0.29) is 34.1 Å². The number of nitrogens with one attached hydrogen (secondary N) is 1. The number of Topliss-reactive ketones (excluding diaryl/α,β-unsaturated/α-hetero) is 1. The quantitative estimate of drug-likeness (QED) is 0.424. The van der Waals surface area contributed by atoms with Gasteiger partial charge in [0, 0.05) is 36.7 Å². The van der Waals surface area contributed by atoms with E-state index in [4.69, 9.17) is 23.1 Å². The van der Waals surface area contributed by atoms with E-state index in [1.54, 1.807) is 0 Å². The molecular formula is C18H20ClFN4O2. The highest BCUT2D eigenvalue weighted by Crippen LogP contribution is 2.49. The number of benzene rings is 1. The predicted octanol–water partition coefficient (Wildman–Crippen LogP) is 2.23. The Morgan fingerprint density at radius 1 is 1.35 bits per heavy atom. The van der Waals surface area contributed by atoms with Crippen LogP contribution < -0.4 is 16.8 Å². The molecule has 8 heteroatoms. The van der Waals surface area contributed by atoms with Gasteiger partial charge >= 0.3 is 0 Å². The number of amidine groups is 1. The van der Waals surface area contributed by atoms with Crippen LogP contribution in [0.5, 0.6) is 0 Å². The normalized spacial score (nSPS) is 26.0. The number of allylic oxidation sites excluding steroid dienone is 1. The van der Waals surface area contributed by atoms with Crippen LogP contribution in [0.15, 0.2) is 34.5 Å². The summed E-state index contributed by atoms with van der Waals surface area (Å²) in [5.74, 6) is -0.563. The summed E-state index contributed by atoms with van der Waals surface area (Å²) in [6.07, 6.45) is 1.98. The smallest absolute Gasteiger partial charge is 0.261 e. The van der Waals surface area contributed by atoms with Crippen LogP contribution in [0, 0.1) is 23.6 Å². The van der Waals surface area contributed by atoms with Gasteiger partial charge in [-0.25, -0.2) is 4.39 Å². The second-order valence-electron chi connectivity index (χ2n) is 6.73. The monoisotopic (exact) mass is 378 g/mol. The number of nitrogens with two attached hydrogens (primary N) is 2. The van der Waals surface area contributed by atoms with Crippen molar-refractivity contribution in [2.75, 3.05) is 12.4 Å². The summed E-state index contributed by atoms with van der Waals surface area (Å²) < 4.78 is 13.3. The fraction of sp³-hybridized carbons (Fsp3) is 0.389. The van der Waals surface area contributed by atoms with Crippen molar-refractivity contribution in [1.29, 1.82) is 0 Å². The molecule has 0 aliphatic heterocycles. The largest absolute Gasteiger partial charge is 0.401 e. The molecule has 0 bridgehead atoms. The van der Waals surface area contributed by atoms with E-state index in [0.717, 1.165) is 12.5 Å². The number of hydrogen-bond acceptors (Lipinski definition) is 4. The minimum Gasteiger partial charge on any atom is -0.401 e. The number of ketones is 1. The predicted molar refractivity (Wildman–Crippen MR) is 98.1 cm³/mol. The van der Waals surface area contributed by atoms with Gasteiger partial charge in [0.1, 0.15) is 23.0 Å². The van der Waals surface area contributed by atoms with Gasteiger partial charge in [0.05, 0.1) is 5.02 Å². The molecule has 1 aromatic carbocycles. The maximum atomic E-state index is 13.3. The Kier molecular flexibility index (Phi) is 5.00.